The maximum Gasteiger partial charge on any atom is 0.573 e. The maximum atomic E-state index is 13.2. The first-order valence-electron chi connectivity index (χ1n) is 14.9. The van der Waals surface area contributed by atoms with E-state index >= 15 is 0 Å². The molecule has 2 bridgehead atoms. The maximum absolute atomic E-state index is 13.2. The smallest absolute Gasteiger partial charge is 0.406 e. The Morgan fingerprint density at radius 2 is 1.67 bits per heavy atom. The summed E-state index contributed by atoms with van der Waals surface area (Å²) in [7, 11) is 0. The van der Waals surface area contributed by atoms with Crippen molar-refractivity contribution >= 4 is 28.7 Å². The number of rotatable bonds is 8. The normalized spacial score (nSPS) is 18.0. The lowest BCUT2D eigenvalue weighted by atomic mass is 10.0. The van der Waals surface area contributed by atoms with Crippen LogP contribution in [0.2, 0.25) is 0 Å². The number of amides is 1. The molecule has 5 aromatic rings. The van der Waals surface area contributed by atoms with Crippen molar-refractivity contribution < 1.29 is 22.7 Å². The molecule has 2 N–H and O–H groups in total. The number of aromatic nitrogens is 3. The first-order chi connectivity index (χ1) is 21.7. The van der Waals surface area contributed by atoms with Gasteiger partial charge in [0.25, 0.3) is 5.91 Å². The molecule has 4 heterocycles. The van der Waals surface area contributed by atoms with Gasteiger partial charge < -0.3 is 15.4 Å². The van der Waals surface area contributed by atoms with Gasteiger partial charge in [0.1, 0.15) is 11.4 Å². The molecule has 2 saturated heterocycles. The second-order valence-electron chi connectivity index (χ2n) is 11.6. The van der Waals surface area contributed by atoms with Crippen molar-refractivity contribution in [1.29, 1.82) is 0 Å². The number of ether oxygens (including phenoxy) is 1. The number of carbonyl (C=O) groups excluding carboxylic acids is 1. The zero-order chi connectivity index (χ0) is 31.1. The molecule has 0 atom stereocenters. The number of nitrogens with one attached hydrogen (secondary N) is 2. The molecular formula is C34H31F3N6O2. The van der Waals surface area contributed by atoms with E-state index < -0.39 is 6.36 Å². The van der Waals surface area contributed by atoms with Gasteiger partial charge in [-0.05, 0) is 110 Å². The summed E-state index contributed by atoms with van der Waals surface area (Å²) in [6, 6.07) is 23.8. The predicted octanol–water partition coefficient (Wildman–Crippen LogP) is 7.73. The highest BCUT2D eigenvalue weighted by atomic mass is 19.4. The average Bonchev–Trinajstić information content (AvgIpc) is 3.75. The number of aryl methyl sites for hydroxylation is 1. The predicted molar refractivity (Wildman–Crippen MR) is 166 cm³/mol. The first-order valence-corrected chi connectivity index (χ1v) is 14.9. The van der Waals surface area contributed by atoms with Gasteiger partial charge >= 0.3 is 6.36 Å². The molecule has 2 aliphatic heterocycles. The molecule has 7 rings (SSSR count). The van der Waals surface area contributed by atoms with Crippen LogP contribution in [0.1, 0.15) is 47.2 Å². The van der Waals surface area contributed by atoms with Gasteiger partial charge in [-0.2, -0.15) is 0 Å². The SMILES string of the molecule is Cc1ccc(CN2C3CCC2CC3)cc1NC(=O)c1ccc(Nc2nc(-c3ccc(OC(F)(F)F)cc3)c3cccn3n2)cc1. The van der Waals surface area contributed by atoms with E-state index in [-0.39, 0.29) is 17.6 Å². The van der Waals surface area contributed by atoms with E-state index in [1.807, 2.05) is 13.0 Å². The molecular weight excluding hydrogens is 581 g/mol. The molecule has 11 heteroatoms. The zero-order valence-corrected chi connectivity index (χ0v) is 24.5. The summed E-state index contributed by atoms with van der Waals surface area (Å²) in [5.41, 5.74) is 6.00. The second kappa shape index (κ2) is 11.6. The second-order valence-corrected chi connectivity index (χ2v) is 11.6. The zero-order valence-electron chi connectivity index (χ0n) is 24.5. The third-order valence-electron chi connectivity index (χ3n) is 8.68. The number of hydrogen-bond donors (Lipinski definition) is 2. The summed E-state index contributed by atoms with van der Waals surface area (Å²) in [4.78, 5) is 20.4. The Balaban J connectivity index is 1.05. The topological polar surface area (TPSA) is 83.8 Å². The van der Waals surface area contributed by atoms with E-state index in [1.165, 1.54) is 55.5 Å². The Morgan fingerprint density at radius 3 is 2.36 bits per heavy atom. The molecule has 230 valence electrons. The van der Waals surface area contributed by atoms with Gasteiger partial charge in [0.2, 0.25) is 5.95 Å². The standard InChI is InChI=1S/C34H31F3N6O2/c1-21-4-5-22(20-42-26-12-13-27(42)15-14-26)19-29(21)39-32(44)24-6-10-25(11-7-24)38-33-40-31(30-3-2-18-43(30)41-33)23-8-16-28(17-9-23)45-34(35,36)37/h2-11,16-19,26-27H,12-15,20H2,1H3,(H,38,41)(H,39,44). The largest absolute Gasteiger partial charge is 0.573 e. The molecule has 0 unspecified atom stereocenters. The molecule has 3 aromatic carbocycles. The number of benzene rings is 3. The minimum atomic E-state index is -4.77. The Kier molecular flexibility index (Phi) is 7.40. The monoisotopic (exact) mass is 612 g/mol. The Labute approximate surface area is 257 Å². The minimum absolute atomic E-state index is 0.201. The number of carbonyl (C=O) groups is 1. The molecule has 45 heavy (non-hydrogen) atoms. The Hall–Kier alpha value is -4.90. The number of hydrogen-bond acceptors (Lipinski definition) is 6. The molecule has 2 aromatic heterocycles. The number of nitrogens with zero attached hydrogens (tertiary/aromatic N) is 4. The van der Waals surface area contributed by atoms with Gasteiger partial charge in [0, 0.05) is 47.3 Å². The Morgan fingerprint density at radius 1 is 0.956 bits per heavy atom. The summed E-state index contributed by atoms with van der Waals surface area (Å²) in [5, 5.41) is 10.7. The van der Waals surface area contributed by atoms with Crippen LogP contribution in [0.3, 0.4) is 0 Å². The fraction of sp³-hybridized carbons (Fsp3) is 0.265. The van der Waals surface area contributed by atoms with E-state index in [0.29, 0.717) is 40.1 Å². The van der Waals surface area contributed by atoms with Crippen LogP contribution in [0.15, 0.2) is 85.1 Å². The quantitative estimate of drug-likeness (QED) is 0.187. The molecule has 0 radical (unpaired) electrons. The van der Waals surface area contributed by atoms with Crippen LogP contribution < -0.4 is 15.4 Å². The van der Waals surface area contributed by atoms with Gasteiger partial charge in [0.05, 0.1) is 5.52 Å². The van der Waals surface area contributed by atoms with Gasteiger partial charge in [-0.3, -0.25) is 9.69 Å². The highest BCUT2D eigenvalue weighted by Gasteiger charge is 2.38. The van der Waals surface area contributed by atoms with E-state index in [0.717, 1.165) is 17.8 Å². The lowest BCUT2D eigenvalue weighted by Crippen LogP contribution is -2.27. The van der Waals surface area contributed by atoms with Crippen molar-refractivity contribution in [1.82, 2.24) is 19.5 Å². The van der Waals surface area contributed by atoms with Crippen molar-refractivity contribution in [3.8, 4) is 17.0 Å². The van der Waals surface area contributed by atoms with Crippen LogP contribution in [0.25, 0.3) is 16.8 Å². The van der Waals surface area contributed by atoms with E-state index in [1.54, 1.807) is 41.0 Å². The van der Waals surface area contributed by atoms with Crippen LogP contribution in [0, 0.1) is 6.92 Å². The first kappa shape index (κ1) is 28.8. The lowest BCUT2D eigenvalue weighted by molar-refractivity contribution is -0.274. The number of anilines is 3. The molecule has 0 aliphatic carbocycles. The number of halogens is 3. The lowest BCUT2D eigenvalue weighted by Gasteiger charge is -2.22. The molecule has 0 spiro atoms. The van der Waals surface area contributed by atoms with Gasteiger partial charge in [-0.1, -0.05) is 12.1 Å². The van der Waals surface area contributed by atoms with E-state index in [2.05, 4.69) is 48.6 Å². The average molecular weight is 613 g/mol. The highest BCUT2D eigenvalue weighted by Crippen LogP contribution is 2.38. The van der Waals surface area contributed by atoms with E-state index in [9.17, 15) is 18.0 Å². The Bertz CT molecular complexity index is 1830. The summed E-state index contributed by atoms with van der Waals surface area (Å²) in [6.45, 7) is 2.90. The molecule has 2 fully saturated rings. The van der Waals surface area contributed by atoms with Crippen LogP contribution in [0.4, 0.5) is 30.5 Å². The molecule has 1 amide bonds. The number of fused-ring (bicyclic) bond motifs is 3. The van der Waals surface area contributed by atoms with Crippen molar-refractivity contribution in [3.63, 3.8) is 0 Å². The van der Waals surface area contributed by atoms with Crippen LogP contribution in [-0.2, 0) is 6.54 Å². The minimum Gasteiger partial charge on any atom is -0.406 e. The van der Waals surface area contributed by atoms with Gasteiger partial charge in [-0.25, -0.2) is 9.50 Å². The highest BCUT2D eigenvalue weighted by molar-refractivity contribution is 6.04. The van der Waals surface area contributed by atoms with Crippen molar-refractivity contribution in [3.05, 3.63) is 102 Å². The summed E-state index contributed by atoms with van der Waals surface area (Å²) in [5.74, 6) is -0.237. The third-order valence-corrected chi connectivity index (χ3v) is 8.68. The number of alkyl halides is 3. The van der Waals surface area contributed by atoms with Gasteiger partial charge in [0.15, 0.2) is 0 Å². The van der Waals surface area contributed by atoms with Crippen molar-refractivity contribution in [2.24, 2.45) is 0 Å². The van der Waals surface area contributed by atoms with Crippen molar-refractivity contribution in [2.75, 3.05) is 10.6 Å². The van der Waals surface area contributed by atoms with Gasteiger partial charge in [-0.15, -0.1) is 18.3 Å². The summed E-state index contributed by atoms with van der Waals surface area (Å²) in [6.07, 6.45) is 2.14. The summed E-state index contributed by atoms with van der Waals surface area (Å²) < 4.78 is 43.4. The van der Waals surface area contributed by atoms with Crippen molar-refractivity contribution in [2.45, 2.75) is 57.6 Å². The van der Waals surface area contributed by atoms with Crippen LogP contribution in [0.5, 0.6) is 5.75 Å². The molecule has 8 nitrogen and oxygen atoms in total. The molecule has 0 saturated carbocycles. The van der Waals surface area contributed by atoms with E-state index in [4.69, 9.17) is 0 Å². The van der Waals surface area contributed by atoms with Crippen LogP contribution >= 0.6 is 0 Å². The fourth-order valence-corrected chi connectivity index (χ4v) is 6.43. The fourth-order valence-electron chi connectivity index (χ4n) is 6.43. The third kappa shape index (κ3) is 6.21. The van der Waals surface area contributed by atoms with Crippen LogP contribution in [-0.4, -0.2) is 43.9 Å². The molecule has 2 aliphatic rings. The summed E-state index contributed by atoms with van der Waals surface area (Å²) >= 11 is 0.